The number of amides is 1. The molecule has 7 heteroatoms. The first kappa shape index (κ1) is 20.7. The molecule has 0 bridgehead atoms. The van der Waals surface area contributed by atoms with Gasteiger partial charge < -0.3 is 20.9 Å². The Bertz CT molecular complexity index is 570. The normalized spacial score (nSPS) is 15.5. The zero-order valence-electron chi connectivity index (χ0n) is 15.6. The lowest BCUT2D eigenvalue weighted by Gasteiger charge is -2.25. The summed E-state index contributed by atoms with van der Waals surface area (Å²) in [7, 11) is 0. The summed E-state index contributed by atoms with van der Waals surface area (Å²) in [6.45, 7) is 8.25. The number of rotatable bonds is 8. The van der Waals surface area contributed by atoms with Crippen LogP contribution in [0, 0.1) is 0 Å². The summed E-state index contributed by atoms with van der Waals surface area (Å²) in [5, 5.41) is 9.44. The number of halogens is 1. The number of benzene rings is 1. The highest BCUT2D eigenvalue weighted by atomic mass is 79.9. The third-order valence-corrected chi connectivity index (χ3v) is 4.82. The van der Waals surface area contributed by atoms with Crippen molar-refractivity contribution < 1.29 is 4.79 Å². The summed E-state index contributed by atoms with van der Waals surface area (Å²) in [6.07, 6.45) is 3.97. The molecule has 0 atom stereocenters. The second kappa shape index (κ2) is 11.9. The molecule has 6 nitrogen and oxygen atoms in total. The van der Waals surface area contributed by atoms with Crippen LogP contribution in [0.15, 0.2) is 33.7 Å². The molecule has 1 amide bonds. The third-order valence-electron chi connectivity index (χ3n) is 4.29. The fourth-order valence-corrected chi connectivity index (χ4v) is 3.15. The maximum atomic E-state index is 12.1. The summed E-state index contributed by atoms with van der Waals surface area (Å²) >= 11 is 3.37. The first-order valence-corrected chi connectivity index (χ1v) is 10.3. The highest BCUT2D eigenvalue weighted by Gasteiger charge is 2.09. The Morgan fingerprint density at radius 3 is 2.46 bits per heavy atom. The molecule has 1 heterocycles. The van der Waals surface area contributed by atoms with Gasteiger partial charge in [-0.25, -0.2) is 0 Å². The van der Waals surface area contributed by atoms with E-state index in [1.165, 1.54) is 32.4 Å². The number of nitrogens with one attached hydrogen (secondary N) is 3. The molecule has 0 saturated carbocycles. The zero-order chi connectivity index (χ0) is 18.6. The Morgan fingerprint density at radius 1 is 1.08 bits per heavy atom. The topological polar surface area (TPSA) is 68.8 Å². The molecule has 0 aromatic heterocycles. The highest BCUT2D eigenvalue weighted by molar-refractivity contribution is 9.10. The van der Waals surface area contributed by atoms with Gasteiger partial charge in [-0.3, -0.25) is 9.79 Å². The lowest BCUT2D eigenvalue weighted by molar-refractivity contribution is 0.0954. The van der Waals surface area contributed by atoms with Crippen LogP contribution in [-0.4, -0.2) is 62.6 Å². The van der Waals surface area contributed by atoms with E-state index in [0.717, 1.165) is 30.1 Å². The molecule has 1 aliphatic rings. The van der Waals surface area contributed by atoms with E-state index in [1.54, 1.807) is 12.1 Å². The quantitative estimate of drug-likeness (QED) is 0.340. The van der Waals surface area contributed by atoms with Gasteiger partial charge in [-0.1, -0.05) is 22.4 Å². The van der Waals surface area contributed by atoms with E-state index in [0.29, 0.717) is 18.7 Å². The molecule has 1 aromatic carbocycles. The fourth-order valence-electron chi connectivity index (χ4n) is 2.89. The minimum absolute atomic E-state index is 0.0636. The van der Waals surface area contributed by atoms with Gasteiger partial charge in [0.2, 0.25) is 0 Å². The molecular formula is C19H30BrN5O. The van der Waals surface area contributed by atoms with Crippen molar-refractivity contribution in [3.8, 4) is 0 Å². The summed E-state index contributed by atoms with van der Waals surface area (Å²) in [5.41, 5.74) is 0.662. The number of aliphatic imine (C=N–C) groups is 1. The number of carbonyl (C=O) groups is 1. The molecule has 144 valence electrons. The predicted octanol–water partition coefficient (Wildman–Crippen LogP) is 2.22. The molecule has 0 unspecified atom stereocenters. The summed E-state index contributed by atoms with van der Waals surface area (Å²) in [6, 6.07) is 7.34. The van der Waals surface area contributed by atoms with Crippen LogP contribution in [0.25, 0.3) is 0 Å². The predicted molar refractivity (Wildman–Crippen MR) is 111 cm³/mol. The highest BCUT2D eigenvalue weighted by Crippen LogP contribution is 2.10. The summed E-state index contributed by atoms with van der Waals surface area (Å²) < 4.78 is 0.965. The maximum absolute atomic E-state index is 12.1. The number of hydrogen-bond acceptors (Lipinski definition) is 3. The number of carbonyl (C=O) groups excluding carboxylic acids is 1. The molecule has 1 fully saturated rings. The van der Waals surface area contributed by atoms with E-state index in [-0.39, 0.29) is 5.91 Å². The van der Waals surface area contributed by atoms with Gasteiger partial charge in [0.15, 0.2) is 5.96 Å². The fraction of sp³-hybridized carbons (Fsp3) is 0.579. The molecule has 1 saturated heterocycles. The van der Waals surface area contributed by atoms with Crippen LogP contribution in [0.2, 0.25) is 0 Å². The van der Waals surface area contributed by atoms with Crippen LogP contribution < -0.4 is 16.0 Å². The number of piperidine rings is 1. The first-order chi connectivity index (χ1) is 12.7. The molecule has 2 rings (SSSR count). The van der Waals surface area contributed by atoms with Crippen LogP contribution in [0.4, 0.5) is 0 Å². The minimum Gasteiger partial charge on any atom is -0.357 e. The van der Waals surface area contributed by atoms with Crippen LogP contribution in [0.5, 0.6) is 0 Å². The second-order valence-corrected chi connectivity index (χ2v) is 7.27. The van der Waals surface area contributed by atoms with Gasteiger partial charge in [-0.15, -0.1) is 0 Å². The molecule has 0 spiro atoms. The van der Waals surface area contributed by atoms with Crippen molar-refractivity contribution in [1.29, 1.82) is 0 Å². The molecule has 3 N–H and O–H groups in total. The number of hydrogen-bond donors (Lipinski definition) is 3. The molecule has 0 aliphatic carbocycles. The maximum Gasteiger partial charge on any atom is 0.251 e. The largest absolute Gasteiger partial charge is 0.357 e. The second-order valence-electron chi connectivity index (χ2n) is 6.35. The van der Waals surface area contributed by atoms with Gasteiger partial charge in [0.1, 0.15) is 0 Å². The van der Waals surface area contributed by atoms with E-state index in [9.17, 15) is 4.79 Å². The summed E-state index contributed by atoms with van der Waals surface area (Å²) in [4.78, 5) is 19.2. The number of nitrogens with zero attached hydrogens (tertiary/aromatic N) is 2. The Kier molecular flexibility index (Phi) is 9.48. The minimum atomic E-state index is -0.0636. The Hall–Kier alpha value is -1.60. The molecule has 1 aliphatic heterocycles. The average molecular weight is 424 g/mol. The van der Waals surface area contributed by atoms with E-state index >= 15 is 0 Å². The molecule has 1 aromatic rings. The molecule has 26 heavy (non-hydrogen) atoms. The monoisotopic (exact) mass is 423 g/mol. The lowest BCUT2D eigenvalue weighted by atomic mass is 10.1. The number of guanidine groups is 1. The Morgan fingerprint density at radius 2 is 1.77 bits per heavy atom. The van der Waals surface area contributed by atoms with Crippen molar-refractivity contribution in [3.63, 3.8) is 0 Å². The third kappa shape index (κ3) is 7.74. The van der Waals surface area contributed by atoms with Gasteiger partial charge in [0.05, 0.1) is 6.54 Å². The molecule has 0 radical (unpaired) electrons. The van der Waals surface area contributed by atoms with Crippen molar-refractivity contribution in [2.24, 2.45) is 4.99 Å². The standard InChI is InChI=1S/C19H30BrN5O/c1-2-21-19(24-12-15-25-13-4-3-5-14-25)23-11-10-22-18(26)16-6-8-17(20)9-7-16/h6-9H,2-5,10-15H2,1H3,(H,22,26)(H2,21,23,24). The van der Waals surface area contributed by atoms with Gasteiger partial charge in [-0.2, -0.15) is 0 Å². The number of likely N-dealkylation sites (tertiary alicyclic amines) is 1. The Balaban J connectivity index is 1.67. The average Bonchev–Trinajstić information content (AvgIpc) is 2.66. The van der Waals surface area contributed by atoms with Crippen LogP contribution in [0.1, 0.15) is 36.5 Å². The smallest absolute Gasteiger partial charge is 0.251 e. The van der Waals surface area contributed by atoms with Crippen molar-refractivity contribution in [1.82, 2.24) is 20.9 Å². The van der Waals surface area contributed by atoms with Gasteiger partial charge in [-0.05, 0) is 57.1 Å². The SMILES string of the molecule is CCNC(=NCCN1CCCCC1)NCCNC(=O)c1ccc(Br)cc1. The van der Waals surface area contributed by atoms with Crippen molar-refractivity contribution in [3.05, 3.63) is 34.3 Å². The van der Waals surface area contributed by atoms with E-state index < -0.39 is 0 Å². The summed E-state index contributed by atoms with van der Waals surface area (Å²) in [5.74, 6) is 0.744. The van der Waals surface area contributed by atoms with Crippen LogP contribution in [-0.2, 0) is 0 Å². The lowest BCUT2D eigenvalue weighted by Crippen LogP contribution is -2.42. The van der Waals surface area contributed by atoms with Crippen molar-refractivity contribution >= 4 is 27.8 Å². The van der Waals surface area contributed by atoms with Crippen LogP contribution >= 0.6 is 15.9 Å². The van der Waals surface area contributed by atoms with Gasteiger partial charge in [0, 0.05) is 36.2 Å². The van der Waals surface area contributed by atoms with E-state index in [4.69, 9.17) is 0 Å². The van der Waals surface area contributed by atoms with Gasteiger partial charge >= 0.3 is 0 Å². The first-order valence-electron chi connectivity index (χ1n) is 9.47. The zero-order valence-corrected chi connectivity index (χ0v) is 17.1. The molecular weight excluding hydrogens is 394 g/mol. The Labute approximate surface area is 165 Å². The van der Waals surface area contributed by atoms with Crippen LogP contribution in [0.3, 0.4) is 0 Å². The van der Waals surface area contributed by atoms with Crippen molar-refractivity contribution in [2.45, 2.75) is 26.2 Å². The van der Waals surface area contributed by atoms with E-state index in [2.05, 4.69) is 48.7 Å². The van der Waals surface area contributed by atoms with Gasteiger partial charge in [0.25, 0.3) is 5.91 Å². The van der Waals surface area contributed by atoms with E-state index in [1.807, 2.05) is 12.1 Å². The van der Waals surface area contributed by atoms with Crippen molar-refractivity contribution in [2.75, 3.05) is 45.8 Å².